The number of carbonyl (C=O) groups is 2. The minimum Gasteiger partial charge on any atom is -0.269 e. The minimum atomic E-state index is -0.211. The summed E-state index contributed by atoms with van der Waals surface area (Å²) in [6.45, 7) is 4.03. The highest BCUT2D eigenvalue weighted by Gasteiger charge is 2.34. The molecule has 1 aliphatic rings. The van der Waals surface area contributed by atoms with Crippen LogP contribution in [0.15, 0.2) is 29.7 Å². The summed E-state index contributed by atoms with van der Waals surface area (Å²) in [5, 5.41) is 1.96. The van der Waals surface area contributed by atoms with E-state index < -0.39 is 0 Å². The van der Waals surface area contributed by atoms with Crippen LogP contribution in [0.2, 0.25) is 0 Å². The van der Waals surface area contributed by atoms with Gasteiger partial charge in [0.1, 0.15) is 0 Å². The van der Waals surface area contributed by atoms with Gasteiger partial charge < -0.3 is 0 Å². The zero-order valence-corrected chi connectivity index (χ0v) is 10.0. The van der Waals surface area contributed by atoms with Gasteiger partial charge in [-0.2, -0.15) is 0 Å². The average molecular weight is 235 g/mol. The van der Waals surface area contributed by atoms with Gasteiger partial charge >= 0.3 is 0 Å². The molecule has 0 saturated carbocycles. The molecule has 84 valence electrons. The third kappa shape index (κ3) is 1.80. The molecule has 1 aromatic heterocycles. The van der Waals surface area contributed by atoms with Crippen molar-refractivity contribution in [3.8, 4) is 0 Å². The quantitative estimate of drug-likeness (QED) is 0.754. The van der Waals surface area contributed by atoms with Crippen LogP contribution >= 0.6 is 11.3 Å². The predicted molar refractivity (Wildman–Crippen MR) is 62.9 cm³/mol. The number of nitrogens with zero attached hydrogens (tertiary/aromatic N) is 1. The molecule has 0 spiro atoms. The topological polar surface area (TPSA) is 37.4 Å². The third-order valence-electron chi connectivity index (χ3n) is 2.59. The van der Waals surface area contributed by atoms with Gasteiger partial charge in [0.15, 0.2) is 0 Å². The molecule has 0 bridgehead atoms. The smallest absolute Gasteiger partial charge is 0.254 e. The highest BCUT2D eigenvalue weighted by molar-refractivity contribution is 7.10. The first-order chi connectivity index (χ1) is 7.61. The second-order valence-corrected chi connectivity index (χ2v) is 5.06. The SMILES string of the molecule is CC(C)C(c1cccs1)N1C(=O)C=CC1=O. The average Bonchev–Trinajstić information content (AvgIpc) is 2.82. The molecule has 1 aromatic rings. The zero-order chi connectivity index (χ0) is 11.7. The standard InChI is InChI=1S/C12H13NO2S/c1-8(2)12(9-4-3-7-16-9)13-10(14)5-6-11(13)15/h3-8,12H,1-2H3. The van der Waals surface area contributed by atoms with Crippen molar-refractivity contribution >= 4 is 23.2 Å². The van der Waals surface area contributed by atoms with Crippen LogP contribution in [-0.2, 0) is 9.59 Å². The molecule has 0 N–H and O–H groups in total. The van der Waals surface area contributed by atoms with E-state index in [4.69, 9.17) is 0 Å². The summed E-state index contributed by atoms with van der Waals surface area (Å²) in [5.74, 6) is -0.208. The Kier molecular flexibility index (Phi) is 2.92. The van der Waals surface area contributed by atoms with E-state index >= 15 is 0 Å². The Labute approximate surface area is 98.4 Å². The molecule has 2 rings (SSSR count). The van der Waals surface area contributed by atoms with Crippen molar-refractivity contribution in [2.24, 2.45) is 5.92 Å². The van der Waals surface area contributed by atoms with Crippen molar-refractivity contribution < 1.29 is 9.59 Å². The maximum atomic E-state index is 11.6. The molecule has 1 unspecified atom stereocenters. The first kappa shape index (κ1) is 11.1. The van der Waals surface area contributed by atoms with Gasteiger partial charge in [0.2, 0.25) is 0 Å². The number of hydrogen-bond donors (Lipinski definition) is 0. The lowest BCUT2D eigenvalue weighted by atomic mass is 10.0. The number of imide groups is 1. The summed E-state index contributed by atoms with van der Waals surface area (Å²) in [5.41, 5.74) is 0. The Hall–Kier alpha value is -1.42. The van der Waals surface area contributed by atoms with E-state index in [1.807, 2.05) is 31.4 Å². The van der Waals surface area contributed by atoms with Crippen LogP contribution in [0.1, 0.15) is 24.8 Å². The van der Waals surface area contributed by atoms with Gasteiger partial charge in [-0.05, 0) is 17.4 Å². The molecule has 2 amide bonds. The fourth-order valence-corrected chi connectivity index (χ4v) is 2.89. The molecule has 16 heavy (non-hydrogen) atoms. The van der Waals surface area contributed by atoms with Gasteiger partial charge in [-0.3, -0.25) is 14.5 Å². The molecular weight excluding hydrogens is 222 g/mol. The lowest BCUT2D eigenvalue weighted by Crippen LogP contribution is -2.36. The number of thiophene rings is 1. The summed E-state index contributed by atoms with van der Waals surface area (Å²) >= 11 is 1.58. The second-order valence-electron chi connectivity index (χ2n) is 4.08. The molecule has 4 heteroatoms. The van der Waals surface area contributed by atoms with E-state index in [0.29, 0.717) is 0 Å². The molecule has 1 aliphatic heterocycles. The Bertz CT molecular complexity index is 416. The van der Waals surface area contributed by atoms with Crippen molar-refractivity contribution in [2.45, 2.75) is 19.9 Å². The fourth-order valence-electron chi connectivity index (χ4n) is 1.90. The van der Waals surface area contributed by atoms with Gasteiger partial charge in [-0.1, -0.05) is 19.9 Å². The maximum Gasteiger partial charge on any atom is 0.254 e. The van der Waals surface area contributed by atoms with Crippen molar-refractivity contribution in [3.63, 3.8) is 0 Å². The van der Waals surface area contributed by atoms with Crippen LogP contribution in [0.5, 0.6) is 0 Å². The fraction of sp³-hybridized carbons (Fsp3) is 0.333. The summed E-state index contributed by atoms with van der Waals surface area (Å²) in [4.78, 5) is 25.7. The van der Waals surface area contributed by atoms with Gasteiger partial charge in [0.25, 0.3) is 11.8 Å². The van der Waals surface area contributed by atoms with Crippen molar-refractivity contribution in [3.05, 3.63) is 34.5 Å². The summed E-state index contributed by atoms with van der Waals surface area (Å²) in [7, 11) is 0. The number of amides is 2. The van der Waals surface area contributed by atoms with E-state index in [0.717, 1.165) is 4.88 Å². The van der Waals surface area contributed by atoms with Gasteiger partial charge in [0.05, 0.1) is 6.04 Å². The summed E-state index contributed by atoms with van der Waals surface area (Å²) < 4.78 is 0. The lowest BCUT2D eigenvalue weighted by molar-refractivity contribution is -0.140. The third-order valence-corrected chi connectivity index (χ3v) is 3.53. The van der Waals surface area contributed by atoms with E-state index in [1.54, 1.807) is 11.3 Å². The highest BCUT2D eigenvalue weighted by atomic mass is 32.1. The van der Waals surface area contributed by atoms with Crippen molar-refractivity contribution in [1.82, 2.24) is 4.90 Å². The van der Waals surface area contributed by atoms with E-state index in [9.17, 15) is 9.59 Å². The van der Waals surface area contributed by atoms with Gasteiger partial charge in [0, 0.05) is 17.0 Å². The second kappa shape index (κ2) is 4.22. The summed E-state index contributed by atoms with van der Waals surface area (Å²) in [6, 6.07) is 3.76. The molecule has 3 nitrogen and oxygen atoms in total. The normalized spacial score (nSPS) is 17.6. The Morgan fingerprint density at radius 1 is 1.19 bits per heavy atom. The molecule has 1 atom stereocenters. The molecule has 0 aliphatic carbocycles. The lowest BCUT2D eigenvalue weighted by Gasteiger charge is -2.28. The molecule has 0 aromatic carbocycles. The van der Waals surface area contributed by atoms with Crippen LogP contribution in [0.3, 0.4) is 0 Å². The van der Waals surface area contributed by atoms with E-state index in [2.05, 4.69) is 0 Å². The van der Waals surface area contributed by atoms with Crippen molar-refractivity contribution in [2.75, 3.05) is 0 Å². The van der Waals surface area contributed by atoms with E-state index in [-0.39, 0.29) is 23.8 Å². The molecule has 0 saturated heterocycles. The summed E-state index contributed by atoms with van der Waals surface area (Å²) in [6.07, 6.45) is 2.68. The Balaban J connectivity index is 2.34. The minimum absolute atomic E-state index is 0.144. The number of hydrogen-bond acceptors (Lipinski definition) is 3. The highest BCUT2D eigenvalue weighted by Crippen LogP contribution is 2.33. The monoisotopic (exact) mass is 235 g/mol. The largest absolute Gasteiger partial charge is 0.269 e. The van der Waals surface area contributed by atoms with E-state index in [1.165, 1.54) is 17.1 Å². The molecule has 0 radical (unpaired) electrons. The predicted octanol–water partition coefficient (Wildman–Crippen LogP) is 2.37. The van der Waals surface area contributed by atoms with Gasteiger partial charge in [-0.15, -0.1) is 11.3 Å². The zero-order valence-electron chi connectivity index (χ0n) is 9.21. The molecule has 2 heterocycles. The number of carbonyl (C=O) groups excluding carboxylic acids is 2. The first-order valence-corrected chi connectivity index (χ1v) is 6.08. The molecular formula is C12H13NO2S. The first-order valence-electron chi connectivity index (χ1n) is 5.20. The Morgan fingerprint density at radius 3 is 2.25 bits per heavy atom. The molecule has 0 fully saturated rings. The van der Waals surface area contributed by atoms with Crippen LogP contribution in [0.4, 0.5) is 0 Å². The van der Waals surface area contributed by atoms with Crippen molar-refractivity contribution in [1.29, 1.82) is 0 Å². The van der Waals surface area contributed by atoms with Crippen LogP contribution in [0, 0.1) is 5.92 Å². The number of rotatable bonds is 3. The maximum absolute atomic E-state index is 11.6. The van der Waals surface area contributed by atoms with Crippen LogP contribution in [0.25, 0.3) is 0 Å². The Morgan fingerprint density at radius 2 is 1.81 bits per heavy atom. The van der Waals surface area contributed by atoms with Gasteiger partial charge in [-0.25, -0.2) is 0 Å². The van der Waals surface area contributed by atoms with Crippen LogP contribution < -0.4 is 0 Å². The van der Waals surface area contributed by atoms with Crippen LogP contribution in [-0.4, -0.2) is 16.7 Å².